The molecule has 0 saturated carbocycles. The summed E-state index contributed by atoms with van der Waals surface area (Å²) in [6.07, 6.45) is 4.87. The minimum absolute atomic E-state index is 0.203. The van der Waals surface area contributed by atoms with E-state index in [0.717, 1.165) is 17.5 Å². The molecule has 0 N–H and O–H groups in total. The van der Waals surface area contributed by atoms with Crippen LogP contribution in [0.1, 0.15) is 36.2 Å². The van der Waals surface area contributed by atoms with Gasteiger partial charge in [0.2, 0.25) is 0 Å². The predicted octanol–water partition coefficient (Wildman–Crippen LogP) is 2.24. The average molecular weight is 163 g/mol. The first-order valence-electron chi connectivity index (χ1n) is 4.25. The Morgan fingerprint density at radius 3 is 2.83 bits per heavy atom. The molecule has 0 aromatic carbocycles. The molecular formula is C10H13NO. The number of carbonyl (C=O) groups excluding carboxylic acids is 1. The van der Waals surface area contributed by atoms with Crippen molar-refractivity contribution in [1.29, 1.82) is 0 Å². The molecule has 2 heteroatoms. The monoisotopic (exact) mass is 163 g/mol. The number of Topliss-reactive ketones (excluding diaryl/α,β-unsaturated/α-hetero) is 1. The summed E-state index contributed by atoms with van der Waals surface area (Å²) in [5.41, 5.74) is 1.87. The fourth-order valence-electron chi connectivity index (χ4n) is 1.17. The summed E-state index contributed by atoms with van der Waals surface area (Å²) in [5, 5.41) is 0. The van der Waals surface area contributed by atoms with E-state index >= 15 is 0 Å². The van der Waals surface area contributed by atoms with Crippen LogP contribution < -0.4 is 0 Å². The molecule has 0 aliphatic carbocycles. The second kappa shape index (κ2) is 4.00. The van der Waals surface area contributed by atoms with E-state index in [2.05, 4.69) is 4.98 Å². The summed E-state index contributed by atoms with van der Waals surface area (Å²) in [6, 6.07) is 1.80. The van der Waals surface area contributed by atoms with Gasteiger partial charge in [0, 0.05) is 24.4 Å². The number of pyridine rings is 1. The number of aryl methyl sites for hydroxylation is 1. The molecule has 0 radical (unpaired) electrons. The van der Waals surface area contributed by atoms with Crippen LogP contribution in [0.5, 0.6) is 0 Å². The van der Waals surface area contributed by atoms with Crippen LogP contribution in [0.2, 0.25) is 0 Å². The van der Waals surface area contributed by atoms with Gasteiger partial charge in [-0.05, 0) is 18.1 Å². The molecule has 1 aromatic rings. The van der Waals surface area contributed by atoms with E-state index in [1.807, 2.05) is 13.8 Å². The highest BCUT2D eigenvalue weighted by atomic mass is 16.1. The van der Waals surface area contributed by atoms with Gasteiger partial charge in [-0.1, -0.05) is 13.8 Å². The van der Waals surface area contributed by atoms with Crippen molar-refractivity contribution >= 4 is 5.78 Å². The number of rotatable bonds is 3. The first-order chi connectivity index (χ1) is 5.79. The van der Waals surface area contributed by atoms with Crippen LogP contribution >= 0.6 is 0 Å². The Morgan fingerprint density at radius 1 is 1.50 bits per heavy atom. The van der Waals surface area contributed by atoms with Crippen LogP contribution in [-0.2, 0) is 6.42 Å². The molecule has 0 amide bonds. The maximum absolute atomic E-state index is 11.4. The van der Waals surface area contributed by atoms with Crippen LogP contribution in [0.3, 0.4) is 0 Å². The maximum Gasteiger partial charge on any atom is 0.162 e. The lowest BCUT2D eigenvalue weighted by Gasteiger charge is -2.02. The van der Waals surface area contributed by atoms with Gasteiger partial charge in [-0.15, -0.1) is 0 Å². The zero-order valence-corrected chi connectivity index (χ0v) is 7.50. The molecule has 0 spiro atoms. The topological polar surface area (TPSA) is 30.0 Å². The molecule has 0 bridgehead atoms. The molecular weight excluding hydrogens is 150 g/mol. The van der Waals surface area contributed by atoms with Crippen LogP contribution in [0.4, 0.5) is 0 Å². The van der Waals surface area contributed by atoms with Gasteiger partial charge in [-0.25, -0.2) is 0 Å². The summed E-state index contributed by atoms with van der Waals surface area (Å²) in [5.74, 6) is 0.203. The molecule has 0 unspecified atom stereocenters. The van der Waals surface area contributed by atoms with E-state index in [-0.39, 0.29) is 5.78 Å². The van der Waals surface area contributed by atoms with Crippen molar-refractivity contribution in [1.82, 2.24) is 4.98 Å². The van der Waals surface area contributed by atoms with Crippen LogP contribution in [0.15, 0.2) is 18.5 Å². The van der Waals surface area contributed by atoms with Gasteiger partial charge in [0.1, 0.15) is 0 Å². The lowest BCUT2D eigenvalue weighted by molar-refractivity contribution is 0.0987. The third-order valence-corrected chi connectivity index (χ3v) is 1.91. The molecule has 12 heavy (non-hydrogen) atoms. The van der Waals surface area contributed by atoms with E-state index in [9.17, 15) is 4.79 Å². The summed E-state index contributed by atoms with van der Waals surface area (Å²) in [4.78, 5) is 15.3. The summed E-state index contributed by atoms with van der Waals surface area (Å²) >= 11 is 0. The van der Waals surface area contributed by atoms with Crippen LogP contribution in [-0.4, -0.2) is 10.8 Å². The smallest absolute Gasteiger partial charge is 0.162 e. The molecule has 0 atom stereocenters. The molecule has 1 heterocycles. The highest BCUT2D eigenvalue weighted by molar-refractivity contribution is 5.97. The van der Waals surface area contributed by atoms with E-state index in [1.54, 1.807) is 18.5 Å². The first-order valence-corrected chi connectivity index (χ1v) is 4.25. The van der Waals surface area contributed by atoms with E-state index in [0.29, 0.717) is 6.42 Å². The number of hydrogen-bond acceptors (Lipinski definition) is 2. The van der Waals surface area contributed by atoms with E-state index in [4.69, 9.17) is 0 Å². The number of aromatic nitrogens is 1. The fourth-order valence-corrected chi connectivity index (χ4v) is 1.17. The number of carbonyl (C=O) groups is 1. The standard InChI is InChI=1S/C10H13NO/c1-3-8-7-11-6-5-9(8)10(12)4-2/h5-7H,3-4H2,1-2H3. The van der Waals surface area contributed by atoms with Crippen molar-refractivity contribution in [3.8, 4) is 0 Å². The minimum atomic E-state index is 0.203. The largest absolute Gasteiger partial charge is 0.294 e. The summed E-state index contributed by atoms with van der Waals surface area (Å²) in [7, 11) is 0. The van der Waals surface area contributed by atoms with Crippen molar-refractivity contribution in [2.45, 2.75) is 26.7 Å². The van der Waals surface area contributed by atoms with Gasteiger partial charge >= 0.3 is 0 Å². The van der Waals surface area contributed by atoms with E-state index < -0.39 is 0 Å². The Labute approximate surface area is 72.6 Å². The van der Waals surface area contributed by atoms with Crippen molar-refractivity contribution in [2.75, 3.05) is 0 Å². The summed E-state index contributed by atoms with van der Waals surface area (Å²) < 4.78 is 0. The van der Waals surface area contributed by atoms with Crippen molar-refractivity contribution in [3.05, 3.63) is 29.6 Å². The number of ketones is 1. The lowest BCUT2D eigenvalue weighted by Crippen LogP contribution is -2.01. The fraction of sp³-hybridized carbons (Fsp3) is 0.400. The SMILES string of the molecule is CCC(=O)c1ccncc1CC. The minimum Gasteiger partial charge on any atom is -0.294 e. The Morgan fingerprint density at radius 2 is 2.25 bits per heavy atom. The Bertz CT molecular complexity index is 281. The van der Waals surface area contributed by atoms with Gasteiger partial charge in [0.25, 0.3) is 0 Å². The molecule has 1 rings (SSSR count). The normalized spacial score (nSPS) is 9.83. The summed E-state index contributed by atoms with van der Waals surface area (Å²) in [6.45, 7) is 3.91. The average Bonchev–Trinajstić information content (AvgIpc) is 2.16. The van der Waals surface area contributed by atoms with Crippen LogP contribution in [0, 0.1) is 0 Å². The number of hydrogen-bond donors (Lipinski definition) is 0. The Hall–Kier alpha value is -1.18. The third-order valence-electron chi connectivity index (χ3n) is 1.91. The first kappa shape index (κ1) is 8.91. The Kier molecular flexibility index (Phi) is 2.97. The van der Waals surface area contributed by atoms with Gasteiger partial charge in [-0.2, -0.15) is 0 Å². The quantitative estimate of drug-likeness (QED) is 0.639. The second-order valence-electron chi connectivity index (χ2n) is 2.66. The highest BCUT2D eigenvalue weighted by Gasteiger charge is 2.06. The number of nitrogens with zero attached hydrogens (tertiary/aromatic N) is 1. The Balaban J connectivity index is 3.04. The second-order valence-corrected chi connectivity index (χ2v) is 2.66. The lowest BCUT2D eigenvalue weighted by atomic mass is 10.0. The zero-order chi connectivity index (χ0) is 8.97. The van der Waals surface area contributed by atoms with Crippen molar-refractivity contribution < 1.29 is 4.79 Å². The highest BCUT2D eigenvalue weighted by Crippen LogP contribution is 2.09. The molecule has 64 valence electrons. The molecule has 0 aliphatic heterocycles. The van der Waals surface area contributed by atoms with Crippen LogP contribution in [0.25, 0.3) is 0 Å². The molecule has 0 saturated heterocycles. The maximum atomic E-state index is 11.4. The predicted molar refractivity (Wildman–Crippen MR) is 48.2 cm³/mol. The molecule has 0 fully saturated rings. The molecule has 2 nitrogen and oxygen atoms in total. The van der Waals surface area contributed by atoms with Crippen molar-refractivity contribution in [3.63, 3.8) is 0 Å². The van der Waals surface area contributed by atoms with Gasteiger partial charge < -0.3 is 0 Å². The van der Waals surface area contributed by atoms with Gasteiger partial charge in [0.05, 0.1) is 0 Å². The zero-order valence-electron chi connectivity index (χ0n) is 7.50. The van der Waals surface area contributed by atoms with E-state index in [1.165, 1.54) is 0 Å². The molecule has 0 aliphatic rings. The van der Waals surface area contributed by atoms with Crippen molar-refractivity contribution in [2.24, 2.45) is 0 Å². The molecule has 1 aromatic heterocycles. The van der Waals surface area contributed by atoms with Gasteiger partial charge in [-0.3, -0.25) is 9.78 Å². The van der Waals surface area contributed by atoms with Gasteiger partial charge in [0.15, 0.2) is 5.78 Å². The third kappa shape index (κ3) is 1.70.